The van der Waals surface area contributed by atoms with Crippen LogP contribution in [0.15, 0.2) is 24.3 Å². The number of amides is 8. The third-order valence-corrected chi connectivity index (χ3v) is 12.4. The molecule has 0 unspecified atom stereocenters. The number of rotatable bonds is 15. The van der Waals surface area contributed by atoms with Crippen molar-refractivity contribution < 1.29 is 58.1 Å². The highest BCUT2D eigenvalue weighted by molar-refractivity contribution is 5.98. The molecule has 9 N–H and O–H groups in total. The van der Waals surface area contributed by atoms with Gasteiger partial charge in [0.05, 0.1) is 0 Å². The van der Waals surface area contributed by atoms with Crippen molar-refractivity contribution in [2.75, 3.05) is 7.05 Å². The normalized spacial score (nSPS) is 26.4. The first kappa shape index (κ1) is 54.5. The molecule has 0 aliphatic carbocycles. The number of hydrogen-bond donors (Lipinski definition) is 8. The van der Waals surface area contributed by atoms with Crippen LogP contribution in [0.3, 0.4) is 0 Å². The molecule has 0 radical (unpaired) electrons. The Kier molecular flexibility index (Phi) is 20.4. The number of phenols is 1. The number of benzene rings is 1. The standard InChI is InChI=1S/C46H72N8O12/c1-11-25(7)36-46(65)66-27(9)37(52-40(59)30(17-19-34(47)56)48-39(58)24(5)6)43(62)50-32(21-23(3)4)41(60)49-31-18-20-35(57)54(44(31)63)38(26(8)12-2)45(64)53(10)33(42(61)51-36)22-28-13-15-29(55)16-14-28/h13-16,23-27,30-33,35-38,55,57H,11-12,17-22H2,1-10H3,(H2,47,56)(H,48,58)(H,49,60)(H,50,62)(H,51,61)(H,52,59)/t25-,26-,27-,30+,31+,32+,33+,35-,36-,37+,38+/m1/s1. The zero-order valence-electron chi connectivity index (χ0n) is 39.9. The van der Waals surface area contributed by atoms with E-state index >= 15 is 0 Å². The third kappa shape index (κ3) is 14.6. The Balaban J connectivity index is 2.27. The van der Waals surface area contributed by atoms with Crippen molar-refractivity contribution in [2.24, 2.45) is 29.4 Å². The quantitative estimate of drug-likeness (QED) is 0.112. The average molecular weight is 929 g/mol. The minimum atomic E-state index is -1.74. The number of ether oxygens (including phenoxy) is 1. The summed E-state index contributed by atoms with van der Waals surface area (Å²) in [4.78, 5) is 128. The Morgan fingerprint density at radius 2 is 1.47 bits per heavy atom. The largest absolute Gasteiger partial charge is 0.508 e. The number of nitrogens with one attached hydrogen (secondary N) is 5. The molecule has 11 atom stereocenters. The van der Waals surface area contributed by atoms with Crippen molar-refractivity contribution in [3.05, 3.63) is 29.8 Å². The van der Waals surface area contributed by atoms with E-state index in [-0.39, 0.29) is 50.2 Å². The number of hydrogen-bond acceptors (Lipinski definition) is 12. The molecular weight excluding hydrogens is 857 g/mol. The monoisotopic (exact) mass is 929 g/mol. The van der Waals surface area contributed by atoms with Crippen LogP contribution < -0.4 is 32.3 Å². The SMILES string of the molecule is CC[C@@H](C)[C@H]1C(=O)N(C)[C@@H](Cc2ccc(O)cc2)C(=O)N[C@H]([C@H](C)CC)C(=O)O[C@H](C)[C@H](NC(=O)[C@H](CCC(N)=O)NC(=O)C(C)C)C(=O)N[C@@H](CC(C)C)C(=O)N[C@H]2CC[C@@H](O)N1C2=O. The topological polar surface area (TPSA) is 296 Å². The van der Waals surface area contributed by atoms with Crippen LogP contribution in [0.1, 0.15) is 113 Å². The minimum absolute atomic E-state index is 0.0226. The molecule has 3 rings (SSSR count). The molecule has 0 aromatic heterocycles. The Hall–Kier alpha value is -5.79. The average Bonchev–Trinajstić information content (AvgIpc) is 3.25. The zero-order valence-corrected chi connectivity index (χ0v) is 39.9. The second-order valence-corrected chi connectivity index (χ2v) is 18.4. The van der Waals surface area contributed by atoms with Crippen molar-refractivity contribution in [3.63, 3.8) is 0 Å². The molecule has 0 saturated carbocycles. The fourth-order valence-corrected chi connectivity index (χ4v) is 7.87. The van der Waals surface area contributed by atoms with E-state index in [0.29, 0.717) is 18.4 Å². The van der Waals surface area contributed by atoms with Crippen LogP contribution in [0.4, 0.5) is 0 Å². The molecule has 2 saturated heterocycles. The molecule has 20 heteroatoms. The lowest BCUT2D eigenvalue weighted by Crippen LogP contribution is -2.66. The predicted octanol–water partition coefficient (Wildman–Crippen LogP) is 0.500. The molecule has 2 aliphatic heterocycles. The number of piperidine rings is 1. The third-order valence-electron chi connectivity index (χ3n) is 12.4. The lowest BCUT2D eigenvalue weighted by Gasteiger charge is -2.44. The summed E-state index contributed by atoms with van der Waals surface area (Å²) in [6, 6.07) is -3.79. The molecule has 2 fully saturated rings. The minimum Gasteiger partial charge on any atom is -0.508 e. The van der Waals surface area contributed by atoms with Gasteiger partial charge in [0.1, 0.15) is 60.4 Å². The summed E-state index contributed by atoms with van der Waals surface area (Å²) in [5.41, 5.74) is 5.90. The zero-order chi connectivity index (χ0) is 49.7. The molecule has 20 nitrogen and oxygen atoms in total. The summed E-state index contributed by atoms with van der Waals surface area (Å²) in [5.74, 6) is -9.27. The summed E-state index contributed by atoms with van der Waals surface area (Å²) in [6.45, 7) is 15.0. The van der Waals surface area contributed by atoms with Gasteiger partial charge in [-0.1, -0.05) is 80.4 Å². The number of primary amides is 1. The van der Waals surface area contributed by atoms with Crippen molar-refractivity contribution in [3.8, 4) is 5.75 Å². The highest BCUT2D eigenvalue weighted by atomic mass is 16.5. The highest BCUT2D eigenvalue weighted by Crippen LogP contribution is 2.28. The van der Waals surface area contributed by atoms with Gasteiger partial charge in [-0.3, -0.25) is 38.4 Å². The number of phenolic OH excluding ortho intramolecular Hbond substituents is 1. The van der Waals surface area contributed by atoms with Gasteiger partial charge in [0.2, 0.25) is 47.3 Å². The van der Waals surface area contributed by atoms with Crippen molar-refractivity contribution in [1.82, 2.24) is 36.4 Å². The van der Waals surface area contributed by atoms with Gasteiger partial charge in [0.15, 0.2) is 0 Å². The first-order valence-electron chi connectivity index (χ1n) is 23.0. The van der Waals surface area contributed by atoms with Crippen LogP contribution in [0.2, 0.25) is 0 Å². The maximum absolute atomic E-state index is 14.9. The van der Waals surface area contributed by atoms with E-state index in [1.54, 1.807) is 67.5 Å². The van der Waals surface area contributed by atoms with Crippen LogP contribution in [0.5, 0.6) is 5.75 Å². The lowest BCUT2D eigenvalue weighted by atomic mass is 9.91. The maximum Gasteiger partial charge on any atom is 0.329 e. The second kappa shape index (κ2) is 24.7. The predicted molar refractivity (Wildman–Crippen MR) is 241 cm³/mol. The number of cyclic esters (lactones) is 1. The lowest BCUT2D eigenvalue weighted by molar-refractivity contribution is -0.168. The molecule has 0 spiro atoms. The van der Waals surface area contributed by atoms with Crippen molar-refractivity contribution in [2.45, 2.75) is 168 Å². The first-order valence-corrected chi connectivity index (χ1v) is 23.0. The Bertz CT molecular complexity index is 1910. The molecule has 2 aliphatic rings. The molecule has 8 amide bonds. The number of aliphatic hydroxyl groups excluding tert-OH is 1. The molecule has 1 aromatic rings. The Labute approximate surface area is 387 Å². The van der Waals surface area contributed by atoms with Crippen LogP contribution in [-0.4, -0.2) is 135 Å². The van der Waals surface area contributed by atoms with Gasteiger partial charge < -0.3 is 57.1 Å². The number of fused-ring (bicyclic) bond motifs is 2. The van der Waals surface area contributed by atoms with Gasteiger partial charge in [-0.05, 0) is 68.1 Å². The number of aliphatic hydroxyl groups is 1. The van der Waals surface area contributed by atoms with E-state index in [1.165, 1.54) is 26.1 Å². The highest BCUT2D eigenvalue weighted by Gasteiger charge is 2.47. The molecule has 2 bridgehead atoms. The van der Waals surface area contributed by atoms with Gasteiger partial charge in [0.25, 0.3) is 0 Å². The van der Waals surface area contributed by atoms with Gasteiger partial charge >= 0.3 is 5.97 Å². The van der Waals surface area contributed by atoms with Crippen LogP contribution in [-0.2, 0) is 54.3 Å². The Morgan fingerprint density at radius 3 is 2.03 bits per heavy atom. The van der Waals surface area contributed by atoms with Crippen molar-refractivity contribution in [1.29, 1.82) is 0 Å². The Morgan fingerprint density at radius 1 is 0.848 bits per heavy atom. The van der Waals surface area contributed by atoms with E-state index in [0.717, 1.165) is 9.80 Å². The van der Waals surface area contributed by atoms with E-state index in [9.17, 15) is 53.4 Å². The second-order valence-electron chi connectivity index (χ2n) is 18.4. The summed E-state index contributed by atoms with van der Waals surface area (Å²) in [7, 11) is 1.38. The van der Waals surface area contributed by atoms with Gasteiger partial charge in [-0.15, -0.1) is 0 Å². The number of nitrogens with zero attached hydrogens (tertiary/aromatic N) is 2. The van der Waals surface area contributed by atoms with E-state index < -0.39 is 126 Å². The van der Waals surface area contributed by atoms with Crippen LogP contribution in [0.25, 0.3) is 0 Å². The van der Waals surface area contributed by atoms with Gasteiger partial charge in [-0.2, -0.15) is 0 Å². The fraction of sp³-hybridized carbons (Fsp3) is 0.674. The number of aromatic hydroxyl groups is 1. The van der Waals surface area contributed by atoms with E-state index in [2.05, 4.69) is 26.6 Å². The molecular formula is C46H72N8O12. The maximum atomic E-state index is 14.9. The fourth-order valence-electron chi connectivity index (χ4n) is 7.87. The molecule has 2 heterocycles. The van der Waals surface area contributed by atoms with Gasteiger partial charge in [0, 0.05) is 25.8 Å². The first-order chi connectivity index (χ1) is 30.9. The van der Waals surface area contributed by atoms with Crippen molar-refractivity contribution >= 4 is 53.2 Å². The molecule has 368 valence electrons. The van der Waals surface area contributed by atoms with Crippen LogP contribution in [0, 0.1) is 23.7 Å². The van der Waals surface area contributed by atoms with Crippen LogP contribution >= 0.6 is 0 Å². The summed E-state index contributed by atoms with van der Waals surface area (Å²) < 4.78 is 5.91. The van der Waals surface area contributed by atoms with E-state index in [4.69, 9.17) is 10.5 Å². The molecule has 1 aromatic carbocycles. The number of esters is 1. The summed E-state index contributed by atoms with van der Waals surface area (Å²) >= 11 is 0. The number of likely N-dealkylation sites (N-methyl/N-ethyl adjacent to an activating group) is 1. The number of carbonyl (C=O) groups excluding carboxylic acids is 9. The smallest absolute Gasteiger partial charge is 0.329 e. The number of nitrogens with two attached hydrogens (primary N) is 1. The van der Waals surface area contributed by atoms with Gasteiger partial charge in [-0.25, -0.2) is 4.79 Å². The van der Waals surface area contributed by atoms with E-state index in [1.807, 2.05) is 0 Å². The summed E-state index contributed by atoms with van der Waals surface area (Å²) in [6.07, 6.45) is -2.95. The number of carbonyl (C=O) groups is 9. The molecule has 66 heavy (non-hydrogen) atoms. The summed E-state index contributed by atoms with van der Waals surface area (Å²) in [5, 5.41) is 34.7.